The van der Waals surface area contributed by atoms with Crippen molar-refractivity contribution in [2.45, 2.75) is 13.5 Å². The van der Waals surface area contributed by atoms with Gasteiger partial charge < -0.3 is 4.42 Å². The smallest absolute Gasteiger partial charge is 0.301 e. The van der Waals surface area contributed by atoms with E-state index in [0.29, 0.717) is 15.8 Å². The highest BCUT2D eigenvalue weighted by Crippen LogP contribution is 2.20. The van der Waals surface area contributed by atoms with Crippen molar-refractivity contribution in [3.05, 3.63) is 51.3 Å². The Morgan fingerprint density at radius 3 is 3.14 bits per heavy atom. The van der Waals surface area contributed by atoms with Gasteiger partial charge in [0.25, 0.3) is 5.56 Å². The fourth-order valence-electron chi connectivity index (χ4n) is 2.08. The first-order chi connectivity index (χ1) is 10.1. The third-order valence-electron chi connectivity index (χ3n) is 3.15. The van der Waals surface area contributed by atoms with Gasteiger partial charge in [0.05, 0.1) is 24.7 Å². The monoisotopic (exact) mass is 304 g/mol. The zero-order chi connectivity index (χ0) is 15.0. The van der Waals surface area contributed by atoms with Crippen LogP contribution >= 0.6 is 11.3 Å². The van der Waals surface area contributed by atoms with Crippen LogP contribution in [-0.2, 0) is 6.54 Å². The normalized spacial score (nSPS) is 11.0. The molecule has 8 heteroatoms. The quantitative estimate of drug-likeness (QED) is 0.427. The van der Waals surface area contributed by atoms with E-state index in [1.54, 1.807) is 6.07 Å². The van der Waals surface area contributed by atoms with Crippen LogP contribution in [0, 0.1) is 6.92 Å². The number of aryl methyl sites for hydroxylation is 1. The van der Waals surface area contributed by atoms with E-state index in [0.717, 1.165) is 5.56 Å². The van der Waals surface area contributed by atoms with Crippen molar-refractivity contribution >= 4 is 27.5 Å². The second kappa shape index (κ2) is 5.15. The van der Waals surface area contributed by atoms with Crippen molar-refractivity contribution in [2.75, 3.05) is 0 Å². The fraction of sp³-hybridized carbons (Fsp3) is 0.154. The summed E-state index contributed by atoms with van der Waals surface area (Å²) in [5.74, 6) is 4.65. The summed E-state index contributed by atoms with van der Waals surface area (Å²) >= 11 is 1.36. The highest BCUT2D eigenvalue weighted by molar-refractivity contribution is 7.17. The number of aromatic nitrogens is 2. The molecule has 3 aromatic rings. The molecule has 108 valence electrons. The largest absolute Gasteiger partial charge is 0.459 e. The Bertz CT molecular complexity index is 877. The van der Waals surface area contributed by atoms with Gasteiger partial charge in [0, 0.05) is 5.56 Å². The number of thiophene rings is 1. The number of furan rings is 1. The van der Waals surface area contributed by atoms with E-state index >= 15 is 0 Å². The Hall–Kier alpha value is -2.45. The van der Waals surface area contributed by atoms with Gasteiger partial charge in [0.15, 0.2) is 5.76 Å². The number of rotatable bonds is 3. The van der Waals surface area contributed by atoms with E-state index in [9.17, 15) is 9.59 Å². The first kappa shape index (κ1) is 13.5. The predicted molar refractivity (Wildman–Crippen MR) is 78.1 cm³/mol. The number of carbonyl (C=O) groups excluding carboxylic acids is 1. The van der Waals surface area contributed by atoms with Crippen LogP contribution in [0.3, 0.4) is 0 Å². The molecule has 0 aliphatic rings. The third kappa shape index (κ3) is 2.24. The molecule has 1 amide bonds. The number of nitrogens with one attached hydrogen (secondary N) is 1. The van der Waals surface area contributed by atoms with Gasteiger partial charge in [0.1, 0.15) is 4.70 Å². The van der Waals surface area contributed by atoms with Crippen LogP contribution in [-0.4, -0.2) is 15.5 Å². The number of fused-ring (bicyclic) bond motifs is 1. The summed E-state index contributed by atoms with van der Waals surface area (Å²) in [6, 6.07) is 1.63. The molecular formula is C13H12N4O3S. The molecule has 0 radical (unpaired) electrons. The molecule has 21 heavy (non-hydrogen) atoms. The average molecular weight is 304 g/mol. The van der Waals surface area contributed by atoms with E-state index in [4.69, 9.17) is 10.3 Å². The van der Waals surface area contributed by atoms with Crippen molar-refractivity contribution in [1.29, 1.82) is 0 Å². The molecule has 0 bridgehead atoms. The van der Waals surface area contributed by atoms with Crippen molar-refractivity contribution in [3.8, 4) is 0 Å². The Balaban J connectivity index is 2.03. The van der Waals surface area contributed by atoms with E-state index in [2.05, 4.69) is 4.98 Å². The molecule has 7 nitrogen and oxygen atoms in total. The molecule has 0 atom stereocenters. The Labute approximate surface area is 123 Å². The molecule has 3 N–H and O–H groups in total. The topological polar surface area (TPSA) is 103 Å². The summed E-state index contributed by atoms with van der Waals surface area (Å²) in [5, 5.41) is 1.90. The van der Waals surface area contributed by atoms with Crippen molar-refractivity contribution in [1.82, 2.24) is 15.0 Å². The van der Waals surface area contributed by atoms with Crippen LogP contribution in [0.25, 0.3) is 10.2 Å². The lowest BCUT2D eigenvalue weighted by atomic mass is 10.2. The molecule has 3 aromatic heterocycles. The number of hydrogen-bond donors (Lipinski definition) is 2. The van der Waals surface area contributed by atoms with E-state index in [1.807, 2.05) is 17.7 Å². The second-order valence-corrected chi connectivity index (χ2v) is 5.40. The Morgan fingerprint density at radius 2 is 2.38 bits per heavy atom. The van der Waals surface area contributed by atoms with Gasteiger partial charge in [0.2, 0.25) is 0 Å². The van der Waals surface area contributed by atoms with Crippen molar-refractivity contribution in [2.24, 2.45) is 5.84 Å². The standard InChI is InChI=1S/C13H12N4O3S/c1-7-5-21-11-9(7)15-6-17(13(11)19)4-8-2-3-20-10(8)12(18)16-14/h2-3,5-6H,4,14H2,1H3,(H,16,18). The molecule has 3 heterocycles. The Morgan fingerprint density at radius 1 is 1.57 bits per heavy atom. The fourth-order valence-corrected chi connectivity index (χ4v) is 3.03. The molecule has 0 saturated heterocycles. The molecule has 3 rings (SSSR count). The van der Waals surface area contributed by atoms with Crippen molar-refractivity contribution in [3.63, 3.8) is 0 Å². The van der Waals surface area contributed by atoms with E-state index < -0.39 is 5.91 Å². The lowest BCUT2D eigenvalue weighted by Crippen LogP contribution is -2.31. The minimum Gasteiger partial charge on any atom is -0.459 e. The second-order valence-electron chi connectivity index (χ2n) is 4.52. The highest BCUT2D eigenvalue weighted by atomic mass is 32.1. The number of nitrogens with zero attached hydrogens (tertiary/aromatic N) is 2. The van der Waals surface area contributed by atoms with Crippen molar-refractivity contribution < 1.29 is 9.21 Å². The van der Waals surface area contributed by atoms with Crippen LogP contribution < -0.4 is 16.8 Å². The summed E-state index contributed by atoms with van der Waals surface area (Å²) in [6.45, 7) is 2.10. The molecule has 0 unspecified atom stereocenters. The van der Waals surface area contributed by atoms with Gasteiger partial charge in [-0.15, -0.1) is 11.3 Å². The zero-order valence-electron chi connectivity index (χ0n) is 11.1. The summed E-state index contributed by atoms with van der Waals surface area (Å²) < 4.78 is 7.14. The first-order valence-corrected chi connectivity index (χ1v) is 7.00. The van der Waals surface area contributed by atoms with Gasteiger partial charge in [-0.05, 0) is 23.9 Å². The maximum absolute atomic E-state index is 12.4. The summed E-state index contributed by atoms with van der Waals surface area (Å²) in [7, 11) is 0. The van der Waals surface area contributed by atoms with Gasteiger partial charge in [-0.25, -0.2) is 10.8 Å². The molecule has 0 aliphatic heterocycles. The van der Waals surface area contributed by atoms with E-state index in [-0.39, 0.29) is 17.9 Å². The lowest BCUT2D eigenvalue weighted by Gasteiger charge is -2.05. The summed E-state index contributed by atoms with van der Waals surface area (Å²) in [4.78, 5) is 28.2. The van der Waals surface area contributed by atoms with Crippen LogP contribution in [0.15, 0.2) is 33.2 Å². The highest BCUT2D eigenvalue weighted by Gasteiger charge is 2.16. The van der Waals surface area contributed by atoms with Crippen LogP contribution in [0.2, 0.25) is 0 Å². The van der Waals surface area contributed by atoms with Gasteiger partial charge in [-0.2, -0.15) is 0 Å². The lowest BCUT2D eigenvalue weighted by molar-refractivity contribution is 0.0924. The minimum atomic E-state index is -0.538. The Kier molecular flexibility index (Phi) is 3.32. The maximum Gasteiger partial charge on any atom is 0.301 e. The zero-order valence-corrected chi connectivity index (χ0v) is 11.9. The van der Waals surface area contributed by atoms with Crippen LogP contribution in [0.1, 0.15) is 21.7 Å². The first-order valence-electron chi connectivity index (χ1n) is 6.12. The number of hydrazine groups is 1. The molecule has 0 aromatic carbocycles. The number of hydrogen-bond acceptors (Lipinski definition) is 6. The SMILES string of the molecule is Cc1csc2c(=O)n(Cc3ccoc3C(=O)NN)cnc12. The summed E-state index contributed by atoms with van der Waals surface area (Å²) in [5.41, 5.74) is 4.13. The van der Waals surface area contributed by atoms with Gasteiger partial charge in [-0.3, -0.25) is 19.6 Å². The van der Waals surface area contributed by atoms with Crippen LogP contribution in [0.4, 0.5) is 0 Å². The maximum atomic E-state index is 12.4. The minimum absolute atomic E-state index is 0.0897. The average Bonchev–Trinajstić information content (AvgIpc) is 3.09. The molecule has 0 fully saturated rings. The molecule has 0 saturated carbocycles. The third-order valence-corrected chi connectivity index (χ3v) is 4.22. The van der Waals surface area contributed by atoms with Gasteiger partial charge >= 0.3 is 5.91 Å². The number of carbonyl (C=O) groups is 1. The molecule has 0 spiro atoms. The molecular weight excluding hydrogens is 292 g/mol. The molecule has 0 aliphatic carbocycles. The number of nitrogen functional groups attached to an aromatic ring is 1. The van der Waals surface area contributed by atoms with Gasteiger partial charge in [-0.1, -0.05) is 0 Å². The number of nitrogens with two attached hydrogens (primary N) is 1. The number of amides is 1. The van der Waals surface area contributed by atoms with E-state index in [1.165, 1.54) is 28.5 Å². The predicted octanol–water partition coefficient (Wildman–Crippen LogP) is 1.01. The summed E-state index contributed by atoms with van der Waals surface area (Å²) in [6.07, 6.45) is 2.85. The van der Waals surface area contributed by atoms with Crippen LogP contribution in [0.5, 0.6) is 0 Å².